The maximum absolute atomic E-state index is 11.8. The number of anilines is 1. The number of rotatable bonds is 2. The van der Waals surface area contributed by atoms with Crippen LogP contribution < -0.4 is 17.0 Å². The van der Waals surface area contributed by atoms with Crippen LogP contribution in [0.5, 0.6) is 0 Å². The first-order valence-electron chi connectivity index (χ1n) is 5.19. The molecule has 2 aromatic rings. The van der Waals surface area contributed by atoms with Crippen LogP contribution in [0, 0.1) is 0 Å². The zero-order valence-electron chi connectivity index (χ0n) is 9.90. The summed E-state index contributed by atoms with van der Waals surface area (Å²) in [5, 5.41) is 0.581. The van der Waals surface area contributed by atoms with E-state index < -0.39 is 11.2 Å². The second kappa shape index (κ2) is 4.34. The van der Waals surface area contributed by atoms with Gasteiger partial charge in [-0.15, -0.1) is 0 Å². The molecule has 0 saturated carbocycles. The molecule has 0 radical (unpaired) electrons. The van der Waals surface area contributed by atoms with Crippen LogP contribution in [-0.4, -0.2) is 19.1 Å². The van der Waals surface area contributed by atoms with Gasteiger partial charge >= 0.3 is 5.69 Å². The first kappa shape index (κ1) is 12.4. The number of hydrogen-bond donors (Lipinski definition) is 2. The lowest BCUT2D eigenvalue weighted by molar-refractivity contribution is 0.820. The van der Waals surface area contributed by atoms with E-state index in [0.29, 0.717) is 11.6 Å². The van der Waals surface area contributed by atoms with E-state index in [4.69, 9.17) is 17.3 Å². The Labute approximate surface area is 107 Å². The van der Waals surface area contributed by atoms with Crippen molar-refractivity contribution in [1.29, 1.82) is 0 Å². The number of aryl methyl sites for hydroxylation is 1. The molecule has 0 saturated heterocycles. The monoisotopic (exact) mass is 269 g/mol. The molecule has 0 aromatic carbocycles. The Morgan fingerprint density at radius 1 is 1.56 bits per heavy atom. The summed E-state index contributed by atoms with van der Waals surface area (Å²) in [4.78, 5) is 29.4. The highest BCUT2D eigenvalue weighted by Gasteiger charge is 2.14. The molecule has 3 N–H and O–H groups in total. The highest BCUT2D eigenvalue weighted by atomic mass is 35.5. The minimum absolute atomic E-state index is 0.158. The molecule has 0 aliphatic carbocycles. The first-order chi connectivity index (χ1) is 8.41. The summed E-state index contributed by atoms with van der Waals surface area (Å²) in [7, 11) is 1.51. The molecular weight excluding hydrogens is 258 g/mol. The van der Waals surface area contributed by atoms with E-state index in [2.05, 4.69) is 9.97 Å². The van der Waals surface area contributed by atoms with Gasteiger partial charge in [-0.05, 0) is 6.92 Å². The number of hydrogen-bond acceptors (Lipinski definition) is 4. The molecule has 0 aliphatic heterocycles. The molecule has 0 bridgehead atoms. The molecule has 0 atom stereocenters. The zero-order valence-corrected chi connectivity index (χ0v) is 10.7. The van der Waals surface area contributed by atoms with Gasteiger partial charge in [0, 0.05) is 18.6 Å². The number of fused-ring (bicyclic) bond motifs is 1. The predicted molar refractivity (Wildman–Crippen MR) is 69.6 cm³/mol. The fourth-order valence-corrected chi connectivity index (χ4v) is 1.72. The summed E-state index contributed by atoms with van der Waals surface area (Å²) in [6, 6.07) is 0. The Bertz CT molecular complexity index is 748. The second-order valence-corrected chi connectivity index (χ2v) is 4.46. The average molecular weight is 270 g/mol. The van der Waals surface area contributed by atoms with Crippen molar-refractivity contribution in [2.75, 3.05) is 5.73 Å². The molecule has 2 aromatic heterocycles. The number of aromatic amines is 1. The predicted octanol–water partition coefficient (Wildman–Crippen LogP) is 0.148. The number of nitrogen functional groups attached to an aromatic ring is 1. The molecule has 2 heterocycles. The van der Waals surface area contributed by atoms with Gasteiger partial charge in [-0.1, -0.05) is 17.7 Å². The number of nitrogens with one attached hydrogen (secondary N) is 1. The van der Waals surface area contributed by atoms with E-state index in [1.165, 1.54) is 16.2 Å². The van der Waals surface area contributed by atoms with Crippen molar-refractivity contribution in [3.8, 4) is 0 Å². The lowest BCUT2D eigenvalue weighted by atomic mass is 10.4. The molecule has 7 nitrogen and oxygen atoms in total. The van der Waals surface area contributed by atoms with Crippen LogP contribution in [0.15, 0.2) is 20.7 Å². The number of H-pyrrole nitrogens is 1. The number of aromatic nitrogens is 4. The second-order valence-electron chi connectivity index (χ2n) is 3.86. The summed E-state index contributed by atoms with van der Waals surface area (Å²) in [6.45, 7) is 2.04. The third-order valence-corrected chi connectivity index (χ3v) is 2.75. The fraction of sp³-hybridized carbons (Fsp3) is 0.300. The van der Waals surface area contributed by atoms with Gasteiger partial charge in [-0.3, -0.25) is 14.3 Å². The SMILES string of the molecule is C/C(Cl)=C/Cn1c(N)nc2c1c(=O)[nH]c(=O)n2C. The molecule has 0 fully saturated rings. The third-order valence-electron chi connectivity index (χ3n) is 2.59. The number of nitrogens with zero attached hydrogens (tertiary/aromatic N) is 3. The summed E-state index contributed by atoms with van der Waals surface area (Å²) < 4.78 is 2.74. The van der Waals surface area contributed by atoms with Crippen molar-refractivity contribution in [3.63, 3.8) is 0 Å². The number of nitrogens with two attached hydrogens (primary N) is 1. The zero-order chi connectivity index (χ0) is 13.4. The fourth-order valence-electron chi connectivity index (χ4n) is 1.65. The van der Waals surface area contributed by atoms with Gasteiger partial charge in [0.2, 0.25) is 5.95 Å². The van der Waals surface area contributed by atoms with Crippen molar-refractivity contribution in [1.82, 2.24) is 19.1 Å². The van der Waals surface area contributed by atoms with E-state index in [1.807, 2.05) is 0 Å². The Hall–Kier alpha value is -2.02. The standard InChI is InChI=1S/C10H12ClN5O2/c1-5(11)3-4-16-6-7(13-9(16)12)15(2)10(18)14-8(6)17/h3H,4H2,1-2H3,(H2,12,13)(H,14,17,18)/b5-3-. The van der Waals surface area contributed by atoms with Crippen LogP contribution in [-0.2, 0) is 13.6 Å². The molecular formula is C10H12ClN5O2. The average Bonchev–Trinajstić information content (AvgIpc) is 2.61. The van der Waals surface area contributed by atoms with Crippen molar-refractivity contribution in [2.45, 2.75) is 13.5 Å². The first-order valence-corrected chi connectivity index (χ1v) is 5.57. The molecule has 0 aliphatic rings. The molecule has 2 rings (SSSR count). The maximum Gasteiger partial charge on any atom is 0.329 e. The largest absolute Gasteiger partial charge is 0.369 e. The molecule has 0 unspecified atom stereocenters. The summed E-state index contributed by atoms with van der Waals surface area (Å²) in [5.41, 5.74) is 5.20. The van der Waals surface area contributed by atoms with Gasteiger partial charge < -0.3 is 10.3 Å². The Morgan fingerprint density at radius 3 is 2.83 bits per heavy atom. The number of imidazole rings is 1. The van der Waals surface area contributed by atoms with Crippen LogP contribution in [0.25, 0.3) is 11.2 Å². The van der Waals surface area contributed by atoms with E-state index in [1.54, 1.807) is 13.0 Å². The summed E-state index contributed by atoms with van der Waals surface area (Å²) in [6.07, 6.45) is 1.70. The van der Waals surface area contributed by atoms with Crippen molar-refractivity contribution in [2.24, 2.45) is 7.05 Å². The number of allylic oxidation sites excluding steroid dienone is 2. The number of halogens is 1. The maximum atomic E-state index is 11.8. The lowest BCUT2D eigenvalue weighted by Gasteiger charge is -2.02. The Morgan fingerprint density at radius 2 is 2.22 bits per heavy atom. The van der Waals surface area contributed by atoms with E-state index in [9.17, 15) is 9.59 Å². The topological polar surface area (TPSA) is 98.7 Å². The van der Waals surface area contributed by atoms with E-state index in [0.717, 1.165) is 0 Å². The van der Waals surface area contributed by atoms with Gasteiger partial charge in [0.05, 0.1) is 0 Å². The Balaban J connectivity index is 2.79. The summed E-state index contributed by atoms with van der Waals surface area (Å²) in [5.74, 6) is 0.158. The highest BCUT2D eigenvalue weighted by molar-refractivity contribution is 6.29. The minimum atomic E-state index is -0.527. The van der Waals surface area contributed by atoms with Crippen molar-refractivity contribution >= 4 is 28.7 Å². The van der Waals surface area contributed by atoms with Crippen LogP contribution in [0.1, 0.15) is 6.92 Å². The van der Waals surface area contributed by atoms with Crippen LogP contribution in [0.4, 0.5) is 5.95 Å². The highest BCUT2D eigenvalue weighted by Crippen LogP contribution is 2.13. The normalized spacial score (nSPS) is 12.3. The molecule has 8 heteroatoms. The van der Waals surface area contributed by atoms with Crippen LogP contribution in [0.3, 0.4) is 0 Å². The van der Waals surface area contributed by atoms with Gasteiger partial charge in [-0.25, -0.2) is 4.79 Å². The van der Waals surface area contributed by atoms with Gasteiger partial charge in [0.1, 0.15) is 0 Å². The van der Waals surface area contributed by atoms with E-state index in [-0.39, 0.29) is 17.1 Å². The van der Waals surface area contributed by atoms with Gasteiger partial charge in [-0.2, -0.15) is 4.98 Å². The van der Waals surface area contributed by atoms with E-state index >= 15 is 0 Å². The Kier molecular flexibility index (Phi) is 3.00. The lowest BCUT2D eigenvalue weighted by Crippen LogP contribution is -2.29. The third kappa shape index (κ3) is 1.92. The van der Waals surface area contributed by atoms with Gasteiger partial charge in [0.15, 0.2) is 11.2 Å². The van der Waals surface area contributed by atoms with Crippen molar-refractivity contribution in [3.05, 3.63) is 31.9 Å². The summed E-state index contributed by atoms with van der Waals surface area (Å²) >= 11 is 5.74. The molecule has 0 amide bonds. The molecule has 0 spiro atoms. The minimum Gasteiger partial charge on any atom is -0.369 e. The van der Waals surface area contributed by atoms with Crippen LogP contribution in [0.2, 0.25) is 0 Å². The molecule has 18 heavy (non-hydrogen) atoms. The smallest absolute Gasteiger partial charge is 0.329 e. The van der Waals surface area contributed by atoms with Crippen molar-refractivity contribution < 1.29 is 0 Å². The molecule has 96 valence electrons. The van der Waals surface area contributed by atoms with Gasteiger partial charge in [0.25, 0.3) is 5.56 Å². The quantitative estimate of drug-likeness (QED) is 0.810. The van der Waals surface area contributed by atoms with Crippen LogP contribution >= 0.6 is 11.6 Å².